The van der Waals surface area contributed by atoms with Gasteiger partial charge in [0.25, 0.3) is 5.91 Å². The van der Waals surface area contributed by atoms with Gasteiger partial charge in [0.2, 0.25) is 5.88 Å². The van der Waals surface area contributed by atoms with Crippen LogP contribution in [0, 0.1) is 6.92 Å². The quantitative estimate of drug-likeness (QED) is 0.948. The number of para-hydroxylation sites is 1. The maximum absolute atomic E-state index is 11.2. The third kappa shape index (κ3) is 2.68. The third-order valence-corrected chi connectivity index (χ3v) is 3.22. The molecule has 0 saturated heterocycles. The Balaban J connectivity index is 2.34. The molecule has 5 heteroatoms. The standard InChI is InChI=1S/C13H11BrN2O2/c1-8-6-12(16-7-10(8)14)18-11-5-3-2-4-9(11)13(15)17/h2-7H,1H3,(H2,15,17). The zero-order valence-electron chi connectivity index (χ0n) is 9.68. The van der Waals surface area contributed by atoms with Gasteiger partial charge in [0, 0.05) is 16.7 Å². The number of benzene rings is 1. The molecule has 0 spiro atoms. The van der Waals surface area contributed by atoms with Crippen LogP contribution >= 0.6 is 15.9 Å². The molecular weight excluding hydrogens is 296 g/mol. The van der Waals surface area contributed by atoms with E-state index in [2.05, 4.69) is 20.9 Å². The van der Waals surface area contributed by atoms with Gasteiger partial charge in [-0.25, -0.2) is 4.98 Å². The molecule has 0 aliphatic carbocycles. The third-order valence-electron chi connectivity index (χ3n) is 2.39. The Morgan fingerprint density at radius 3 is 2.78 bits per heavy atom. The van der Waals surface area contributed by atoms with Crippen LogP contribution in [-0.2, 0) is 0 Å². The summed E-state index contributed by atoms with van der Waals surface area (Å²) in [6.45, 7) is 1.93. The van der Waals surface area contributed by atoms with Gasteiger partial charge >= 0.3 is 0 Å². The second-order valence-electron chi connectivity index (χ2n) is 3.73. The van der Waals surface area contributed by atoms with Gasteiger partial charge < -0.3 is 10.5 Å². The summed E-state index contributed by atoms with van der Waals surface area (Å²) < 4.78 is 6.47. The summed E-state index contributed by atoms with van der Waals surface area (Å²) in [6.07, 6.45) is 1.65. The van der Waals surface area contributed by atoms with E-state index >= 15 is 0 Å². The first kappa shape index (κ1) is 12.6. The number of aryl methyl sites for hydroxylation is 1. The fourth-order valence-electron chi connectivity index (χ4n) is 1.44. The molecule has 0 atom stereocenters. The van der Waals surface area contributed by atoms with E-state index in [4.69, 9.17) is 10.5 Å². The second-order valence-corrected chi connectivity index (χ2v) is 4.59. The number of pyridine rings is 1. The minimum Gasteiger partial charge on any atom is -0.438 e. The monoisotopic (exact) mass is 306 g/mol. The topological polar surface area (TPSA) is 65.2 Å². The summed E-state index contributed by atoms with van der Waals surface area (Å²) in [5.41, 5.74) is 6.61. The fraction of sp³-hybridized carbons (Fsp3) is 0.0769. The van der Waals surface area contributed by atoms with Gasteiger partial charge in [0.15, 0.2) is 0 Å². The van der Waals surface area contributed by atoms with Gasteiger partial charge in [-0.15, -0.1) is 0 Å². The molecule has 1 heterocycles. The molecule has 2 aromatic rings. The number of nitrogens with zero attached hydrogens (tertiary/aromatic N) is 1. The number of aromatic nitrogens is 1. The van der Waals surface area contributed by atoms with Crippen molar-refractivity contribution < 1.29 is 9.53 Å². The highest BCUT2D eigenvalue weighted by Crippen LogP contribution is 2.26. The van der Waals surface area contributed by atoms with Crippen molar-refractivity contribution in [1.29, 1.82) is 0 Å². The van der Waals surface area contributed by atoms with E-state index in [1.807, 2.05) is 6.92 Å². The molecule has 1 aromatic heterocycles. The van der Waals surface area contributed by atoms with Crippen LogP contribution in [0.25, 0.3) is 0 Å². The maximum Gasteiger partial charge on any atom is 0.252 e. The Bertz CT molecular complexity index is 599. The Morgan fingerprint density at radius 2 is 2.11 bits per heavy atom. The average molecular weight is 307 g/mol. The number of rotatable bonds is 3. The van der Waals surface area contributed by atoms with Crippen molar-refractivity contribution in [3.8, 4) is 11.6 Å². The molecule has 0 aliphatic heterocycles. The lowest BCUT2D eigenvalue weighted by Gasteiger charge is -2.08. The molecule has 18 heavy (non-hydrogen) atoms. The summed E-state index contributed by atoms with van der Waals surface area (Å²) in [7, 11) is 0. The van der Waals surface area contributed by atoms with Crippen molar-refractivity contribution >= 4 is 21.8 Å². The molecule has 0 radical (unpaired) electrons. The van der Waals surface area contributed by atoms with E-state index in [-0.39, 0.29) is 0 Å². The van der Waals surface area contributed by atoms with Gasteiger partial charge in [0.1, 0.15) is 5.75 Å². The number of carbonyl (C=O) groups excluding carboxylic acids is 1. The molecule has 1 amide bonds. The van der Waals surface area contributed by atoms with Crippen LogP contribution in [-0.4, -0.2) is 10.9 Å². The number of hydrogen-bond acceptors (Lipinski definition) is 3. The van der Waals surface area contributed by atoms with Gasteiger partial charge in [-0.2, -0.15) is 0 Å². The van der Waals surface area contributed by atoms with Crippen LogP contribution < -0.4 is 10.5 Å². The number of carbonyl (C=O) groups is 1. The van der Waals surface area contributed by atoms with Crippen LogP contribution in [0.4, 0.5) is 0 Å². The first-order chi connectivity index (χ1) is 8.58. The maximum atomic E-state index is 11.2. The lowest BCUT2D eigenvalue weighted by atomic mass is 10.2. The van der Waals surface area contributed by atoms with Gasteiger partial charge in [-0.3, -0.25) is 4.79 Å². The summed E-state index contributed by atoms with van der Waals surface area (Å²) >= 11 is 3.36. The number of primary amides is 1. The van der Waals surface area contributed by atoms with E-state index in [0.29, 0.717) is 17.2 Å². The normalized spacial score (nSPS) is 10.1. The van der Waals surface area contributed by atoms with Crippen LogP contribution in [0.2, 0.25) is 0 Å². The molecule has 0 unspecified atom stereocenters. The Kier molecular flexibility index (Phi) is 3.62. The molecule has 92 valence electrons. The van der Waals surface area contributed by atoms with E-state index in [9.17, 15) is 4.79 Å². The van der Waals surface area contributed by atoms with E-state index in [1.165, 1.54) is 0 Å². The molecule has 0 bridgehead atoms. The number of hydrogen-bond donors (Lipinski definition) is 1. The number of amides is 1. The van der Waals surface area contributed by atoms with Crippen molar-refractivity contribution in [2.24, 2.45) is 5.73 Å². The zero-order valence-corrected chi connectivity index (χ0v) is 11.3. The molecule has 2 rings (SSSR count). The van der Waals surface area contributed by atoms with Crippen LogP contribution in [0.3, 0.4) is 0 Å². The van der Waals surface area contributed by atoms with Crippen molar-refractivity contribution in [2.75, 3.05) is 0 Å². The average Bonchev–Trinajstić information content (AvgIpc) is 2.34. The van der Waals surface area contributed by atoms with Crippen LogP contribution in [0.15, 0.2) is 41.0 Å². The minimum absolute atomic E-state index is 0.333. The summed E-state index contributed by atoms with van der Waals surface area (Å²) in [5.74, 6) is 0.294. The van der Waals surface area contributed by atoms with Crippen molar-refractivity contribution in [2.45, 2.75) is 6.92 Å². The molecule has 4 nitrogen and oxygen atoms in total. The van der Waals surface area contributed by atoms with Gasteiger partial charge in [-0.05, 0) is 40.5 Å². The lowest BCUT2D eigenvalue weighted by molar-refractivity contribution is 0.0998. The Labute approximate surface area is 113 Å². The fourth-order valence-corrected chi connectivity index (χ4v) is 1.66. The highest BCUT2D eigenvalue weighted by molar-refractivity contribution is 9.10. The minimum atomic E-state index is -0.528. The van der Waals surface area contributed by atoms with E-state index in [1.54, 1.807) is 36.5 Å². The number of nitrogens with two attached hydrogens (primary N) is 1. The van der Waals surface area contributed by atoms with Crippen molar-refractivity contribution in [1.82, 2.24) is 4.98 Å². The van der Waals surface area contributed by atoms with E-state index in [0.717, 1.165) is 10.0 Å². The Morgan fingerprint density at radius 1 is 1.39 bits per heavy atom. The number of ether oxygens (including phenoxy) is 1. The van der Waals surface area contributed by atoms with Crippen molar-refractivity contribution in [3.05, 3.63) is 52.1 Å². The van der Waals surface area contributed by atoms with Gasteiger partial charge in [-0.1, -0.05) is 12.1 Å². The van der Waals surface area contributed by atoms with Gasteiger partial charge in [0.05, 0.1) is 5.56 Å². The first-order valence-corrected chi connectivity index (χ1v) is 6.06. The predicted octanol–water partition coefficient (Wildman–Crippen LogP) is 3.04. The summed E-state index contributed by atoms with van der Waals surface area (Å²) in [4.78, 5) is 15.4. The highest BCUT2D eigenvalue weighted by atomic mass is 79.9. The highest BCUT2D eigenvalue weighted by Gasteiger charge is 2.10. The van der Waals surface area contributed by atoms with E-state index < -0.39 is 5.91 Å². The predicted molar refractivity (Wildman–Crippen MR) is 71.7 cm³/mol. The first-order valence-electron chi connectivity index (χ1n) is 5.27. The molecule has 0 saturated carbocycles. The molecular formula is C13H11BrN2O2. The Hall–Kier alpha value is -1.88. The largest absolute Gasteiger partial charge is 0.438 e. The zero-order chi connectivity index (χ0) is 13.1. The summed E-state index contributed by atoms with van der Waals surface area (Å²) in [6, 6.07) is 8.57. The smallest absolute Gasteiger partial charge is 0.252 e. The molecule has 0 fully saturated rings. The van der Waals surface area contributed by atoms with Crippen LogP contribution in [0.1, 0.15) is 15.9 Å². The molecule has 2 N–H and O–H groups in total. The number of halogens is 1. The van der Waals surface area contributed by atoms with Crippen LogP contribution in [0.5, 0.6) is 11.6 Å². The summed E-state index contributed by atoms with van der Waals surface area (Å²) in [5, 5.41) is 0. The molecule has 1 aromatic carbocycles. The lowest BCUT2D eigenvalue weighted by Crippen LogP contribution is -2.12. The molecule has 0 aliphatic rings. The van der Waals surface area contributed by atoms with Crippen molar-refractivity contribution in [3.63, 3.8) is 0 Å². The SMILES string of the molecule is Cc1cc(Oc2ccccc2C(N)=O)ncc1Br. The second kappa shape index (κ2) is 5.18.